The van der Waals surface area contributed by atoms with Crippen molar-refractivity contribution in [3.05, 3.63) is 55.6 Å². The minimum Gasteiger partial charge on any atom is -0.354 e. The highest BCUT2D eigenvalue weighted by Gasteiger charge is 2.15. The van der Waals surface area contributed by atoms with Crippen molar-refractivity contribution in [2.45, 2.75) is 103 Å². The van der Waals surface area contributed by atoms with Crippen LogP contribution in [0.5, 0.6) is 0 Å². The first-order valence-electron chi connectivity index (χ1n) is 13.5. The summed E-state index contributed by atoms with van der Waals surface area (Å²) < 4.78 is 0. The van der Waals surface area contributed by atoms with E-state index in [1.54, 1.807) is 0 Å². The van der Waals surface area contributed by atoms with Gasteiger partial charge in [-0.25, -0.2) is 0 Å². The Morgan fingerprint density at radius 2 is 1.21 bits per heavy atom. The van der Waals surface area contributed by atoms with Crippen LogP contribution in [0.2, 0.25) is 0 Å². The number of para-hydroxylation sites is 1. The Hall–Kier alpha value is -2.36. The molecule has 1 N–H and O–H groups in total. The van der Waals surface area contributed by atoms with Crippen molar-refractivity contribution in [3.63, 3.8) is 0 Å². The summed E-state index contributed by atoms with van der Waals surface area (Å²) in [6.07, 6.45) is 21.1. The fraction of sp³-hybridized carbons (Fsp3) is 0.600. The van der Waals surface area contributed by atoms with Gasteiger partial charge in [0.1, 0.15) is 0 Å². The van der Waals surface area contributed by atoms with Gasteiger partial charge in [-0.2, -0.15) is 0 Å². The van der Waals surface area contributed by atoms with E-state index in [-0.39, 0.29) is 11.8 Å². The third-order valence-electron chi connectivity index (χ3n) is 6.14. The van der Waals surface area contributed by atoms with Crippen molar-refractivity contribution in [2.75, 3.05) is 18.0 Å². The fourth-order valence-electron chi connectivity index (χ4n) is 4.09. The molecule has 1 aromatic rings. The second-order valence-electron chi connectivity index (χ2n) is 9.13. The number of nitrogens with zero attached hydrogens (tertiary/aromatic N) is 1. The molecule has 1 rings (SSSR count). The van der Waals surface area contributed by atoms with Crippen LogP contribution in [0.15, 0.2) is 55.6 Å². The quantitative estimate of drug-likeness (QED) is 0.140. The number of rotatable bonds is 22. The Bertz CT molecular complexity index is 672. The van der Waals surface area contributed by atoms with E-state index < -0.39 is 0 Å². The number of nitrogens with one attached hydrogen (secondary N) is 1. The Morgan fingerprint density at radius 1 is 0.706 bits per heavy atom. The van der Waals surface area contributed by atoms with Gasteiger partial charge in [0.2, 0.25) is 11.8 Å². The third-order valence-corrected chi connectivity index (χ3v) is 6.14. The van der Waals surface area contributed by atoms with Crippen LogP contribution in [0.1, 0.15) is 103 Å². The number of unbranched alkanes of at least 4 members (excludes halogenated alkanes) is 12. The van der Waals surface area contributed by atoms with Crippen LogP contribution in [0.3, 0.4) is 0 Å². The van der Waals surface area contributed by atoms with Crippen molar-refractivity contribution in [1.82, 2.24) is 5.32 Å². The lowest BCUT2D eigenvalue weighted by atomic mass is 10.1. The number of carbonyl (C=O) groups is 2. The smallest absolute Gasteiger partial charge is 0.227 e. The monoisotopic (exact) mass is 468 g/mol. The molecule has 0 bridgehead atoms. The summed E-state index contributed by atoms with van der Waals surface area (Å²) in [5.74, 6) is 0.229. The zero-order valence-corrected chi connectivity index (χ0v) is 21.4. The van der Waals surface area contributed by atoms with E-state index in [0.717, 1.165) is 44.2 Å². The SMILES string of the molecule is C=CCCCCCCCCC(=O)NCCN(C(=O)CCCCCCCCC=C)c1ccccc1. The van der Waals surface area contributed by atoms with Crippen LogP contribution in [0.25, 0.3) is 0 Å². The molecule has 2 amide bonds. The first kappa shape index (κ1) is 29.7. The van der Waals surface area contributed by atoms with E-state index >= 15 is 0 Å². The molecule has 0 unspecified atom stereocenters. The Balaban J connectivity index is 2.27. The third kappa shape index (κ3) is 15.5. The average molecular weight is 469 g/mol. The van der Waals surface area contributed by atoms with Gasteiger partial charge in [-0.3, -0.25) is 9.59 Å². The number of hydrogen-bond donors (Lipinski definition) is 1. The Kier molecular flexibility index (Phi) is 18.5. The lowest BCUT2D eigenvalue weighted by Gasteiger charge is -2.23. The number of hydrogen-bond acceptors (Lipinski definition) is 2. The first-order valence-corrected chi connectivity index (χ1v) is 13.5. The van der Waals surface area contributed by atoms with E-state index in [1.807, 2.05) is 47.4 Å². The second-order valence-corrected chi connectivity index (χ2v) is 9.13. The molecule has 34 heavy (non-hydrogen) atoms. The highest BCUT2D eigenvalue weighted by Crippen LogP contribution is 2.16. The van der Waals surface area contributed by atoms with Gasteiger partial charge in [0.05, 0.1) is 0 Å². The molecular formula is C30H48N2O2. The summed E-state index contributed by atoms with van der Waals surface area (Å²) in [4.78, 5) is 27.0. The molecule has 4 nitrogen and oxygen atoms in total. The van der Waals surface area contributed by atoms with Gasteiger partial charge in [-0.1, -0.05) is 81.7 Å². The maximum atomic E-state index is 12.9. The van der Waals surface area contributed by atoms with Crippen molar-refractivity contribution in [1.29, 1.82) is 0 Å². The molecule has 0 saturated heterocycles. The Labute approximate surface area is 208 Å². The maximum Gasteiger partial charge on any atom is 0.227 e. The standard InChI is InChI=1S/C30H48N2O2/c1-3-5-7-9-11-13-15-20-24-29(33)31-26-27-32(28-22-18-17-19-23-28)30(34)25-21-16-14-12-10-8-6-4-2/h3-4,17-19,22-23H,1-2,5-16,20-21,24-27H2,(H,31,33). The number of anilines is 1. The van der Waals surface area contributed by atoms with Crippen LogP contribution in [0, 0.1) is 0 Å². The van der Waals surface area contributed by atoms with Crippen molar-refractivity contribution < 1.29 is 9.59 Å². The zero-order chi connectivity index (χ0) is 24.7. The van der Waals surface area contributed by atoms with Gasteiger partial charge < -0.3 is 10.2 Å². The molecule has 0 saturated carbocycles. The van der Waals surface area contributed by atoms with Crippen LogP contribution in [0.4, 0.5) is 5.69 Å². The van der Waals surface area contributed by atoms with Crippen LogP contribution in [-0.4, -0.2) is 24.9 Å². The van der Waals surface area contributed by atoms with E-state index in [9.17, 15) is 9.59 Å². The van der Waals surface area contributed by atoms with Gasteiger partial charge in [0.15, 0.2) is 0 Å². The van der Waals surface area contributed by atoms with Gasteiger partial charge in [-0.15, -0.1) is 13.2 Å². The number of carbonyl (C=O) groups excluding carboxylic acids is 2. The Morgan fingerprint density at radius 3 is 1.76 bits per heavy atom. The normalized spacial score (nSPS) is 10.6. The van der Waals surface area contributed by atoms with E-state index in [4.69, 9.17) is 0 Å². The van der Waals surface area contributed by atoms with Gasteiger partial charge in [0.25, 0.3) is 0 Å². The van der Waals surface area contributed by atoms with Gasteiger partial charge >= 0.3 is 0 Å². The fourth-order valence-corrected chi connectivity index (χ4v) is 4.09. The predicted octanol–water partition coefficient (Wildman–Crippen LogP) is 7.75. The molecule has 4 heteroatoms. The second kappa shape index (κ2) is 21.2. The molecule has 0 atom stereocenters. The lowest BCUT2D eigenvalue weighted by molar-refractivity contribution is -0.122. The van der Waals surface area contributed by atoms with Crippen molar-refractivity contribution in [3.8, 4) is 0 Å². The molecule has 0 aromatic heterocycles. The molecule has 0 aliphatic carbocycles. The number of benzene rings is 1. The molecule has 1 aromatic carbocycles. The molecule has 0 heterocycles. The summed E-state index contributed by atoms with van der Waals surface area (Å²) in [5, 5.41) is 3.01. The minimum absolute atomic E-state index is 0.0866. The molecule has 0 radical (unpaired) electrons. The molecule has 0 aliphatic heterocycles. The highest BCUT2D eigenvalue weighted by atomic mass is 16.2. The average Bonchev–Trinajstić information content (AvgIpc) is 2.85. The largest absolute Gasteiger partial charge is 0.354 e. The molecule has 190 valence electrons. The topological polar surface area (TPSA) is 49.4 Å². The summed E-state index contributed by atoms with van der Waals surface area (Å²) in [6.45, 7) is 8.52. The van der Waals surface area contributed by atoms with E-state index in [0.29, 0.717) is 25.9 Å². The number of allylic oxidation sites excluding steroid dienone is 2. The maximum absolute atomic E-state index is 12.9. The van der Waals surface area contributed by atoms with E-state index in [2.05, 4.69) is 18.5 Å². The van der Waals surface area contributed by atoms with Crippen LogP contribution < -0.4 is 10.2 Å². The molecule has 0 spiro atoms. The minimum atomic E-state index is 0.0866. The van der Waals surface area contributed by atoms with Gasteiger partial charge in [-0.05, 0) is 50.7 Å². The summed E-state index contributed by atoms with van der Waals surface area (Å²) >= 11 is 0. The first-order chi connectivity index (χ1) is 16.7. The highest BCUT2D eigenvalue weighted by molar-refractivity contribution is 5.93. The molecular weight excluding hydrogens is 420 g/mol. The molecule has 0 aliphatic rings. The lowest BCUT2D eigenvalue weighted by Crippen LogP contribution is -2.38. The van der Waals surface area contributed by atoms with Crippen molar-refractivity contribution in [2.24, 2.45) is 0 Å². The number of amides is 2. The van der Waals surface area contributed by atoms with Crippen LogP contribution >= 0.6 is 0 Å². The summed E-state index contributed by atoms with van der Waals surface area (Å²) in [5.41, 5.74) is 0.905. The van der Waals surface area contributed by atoms with Crippen LogP contribution in [-0.2, 0) is 9.59 Å². The predicted molar refractivity (Wildman–Crippen MR) is 146 cm³/mol. The summed E-state index contributed by atoms with van der Waals surface area (Å²) in [6, 6.07) is 9.80. The van der Waals surface area contributed by atoms with E-state index in [1.165, 1.54) is 51.4 Å². The summed E-state index contributed by atoms with van der Waals surface area (Å²) in [7, 11) is 0. The van der Waals surface area contributed by atoms with Gasteiger partial charge in [0, 0.05) is 31.6 Å². The molecule has 0 fully saturated rings. The zero-order valence-electron chi connectivity index (χ0n) is 21.4. The van der Waals surface area contributed by atoms with Crippen molar-refractivity contribution >= 4 is 17.5 Å².